The summed E-state index contributed by atoms with van der Waals surface area (Å²) in [5.74, 6) is 0.506. The van der Waals surface area contributed by atoms with Gasteiger partial charge >= 0.3 is 0 Å². The lowest BCUT2D eigenvalue weighted by molar-refractivity contribution is -0.134. The number of amides is 1. The van der Waals surface area contributed by atoms with E-state index in [2.05, 4.69) is 23.1 Å². The van der Waals surface area contributed by atoms with Crippen molar-refractivity contribution < 1.29 is 9.18 Å². The predicted octanol–water partition coefficient (Wildman–Crippen LogP) is 3.78. The molecule has 0 saturated carbocycles. The first kappa shape index (κ1) is 16.9. The molecule has 3 atom stereocenters. The summed E-state index contributed by atoms with van der Waals surface area (Å²) in [6.07, 6.45) is 3.91. The van der Waals surface area contributed by atoms with Gasteiger partial charge in [-0.1, -0.05) is 36.4 Å². The summed E-state index contributed by atoms with van der Waals surface area (Å²) in [5, 5.41) is 0. The molecule has 1 unspecified atom stereocenters. The topological polar surface area (TPSA) is 23.6 Å². The van der Waals surface area contributed by atoms with Crippen LogP contribution in [0, 0.1) is 11.7 Å². The van der Waals surface area contributed by atoms with E-state index in [1.165, 1.54) is 36.2 Å². The van der Waals surface area contributed by atoms with Gasteiger partial charge in [0, 0.05) is 19.0 Å². The number of carbonyl (C=O) groups is 1. The average molecular weight is 364 g/mol. The Morgan fingerprint density at radius 3 is 2.52 bits per heavy atom. The third-order valence-corrected chi connectivity index (χ3v) is 6.74. The molecule has 0 aliphatic carbocycles. The fourth-order valence-corrected chi connectivity index (χ4v) is 5.22. The van der Waals surface area contributed by atoms with Crippen molar-refractivity contribution in [2.75, 3.05) is 19.6 Å². The van der Waals surface area contributed by atoms with Crippen LogP contribution >= 0.6 is 0 Å². The van der Waals surface area contributed by atoms with Crippen LogP contribution in [0.5, 0.6) is 0 Å². The van der Waals surface area contributed by atoms with Gasteiger partial charge in [-0.25, -0.2) is 4.39 Å². The van der Waals surface area contributed by atoms with Gasteiger partial charge in [0.05, 0.1) is 6.04 Å². The smallest absolute Gasteiger partial charge is 0.223 e. The van der Waals surface area contributed by atoms with Gasteiger partial charge in [-0.15, -0.1) is 0 Å². The van der Waals surface area contributed by atoms with Gasteiger partial charge in [0.2, 0.25) is 5.91 Å². The standard InChI is InChI=1S/C23H25FN2O/c24-19-7-5-17(6-8-19)23-20-4-2-1-3-16(20)10-14-26(23)22(27)15-18-9-12-25-13-11-21(18)25/h1-8,18,21,23H,9-15H2/t18?,21-,23+/m1/s1. The molecule has 0 radical (unpaired) electrons. The summed E-state index contributed by atoms with van der Waals surface area (Å²) < 4.78 is 13.5. The SMILES string of the molecule is O=C(CC1CCN2CC[C@H]12)N1CCc2ccccc2[C@@H]1c1ccc(F)cc1. The monoisotopic (exact) mass is 364 g/mol. The zero-order valence-corrected chi connectivity index (χ0v) is 15.5. The fraction of sp³-hybridized carbons (Fsp3) is 0.435. The Hall–Kier alpha value is -2.20. The van der Waals surface area contributed by atoms with E-state index in [0.717, 1.165) is 31.5 Å². The summed E-state index contributed by atoms with van der Waals surface area (Å²) in [6.45, 7) is 3.08. The Morgan fingerprint density at radius 1 is 1.00 bits per heavy atom. The van der Waals surface area contributed by atoms with E-state index >= 15 is 0 Å². The number of halogens is 1. The van der Waals surface area contributed by atoms with Crippen molar-refractivity contribution in [1.82, 2.24) is 9.80 Å². The number of nitrogens with zero attached hydrogens (tertiary/aromatic N) is 2. The minimum atomic E-state index is -0.239. The lowest BCUT2D eigenvalue weighted by atomic mass is 9.86. The number of benzene rings is 2. The minimum absolute atomic E-state index is 0.109. The molecule has 0 aromatic heterocycles. The van der Waals surface area contributed by atoms with E-state index in [1.807, 2.05) is 23.1 Å². The van der Waals surface area contributed by atoms with E-state index in [0.29, 0.717) is 18.4 Å². The first-order chi connectivity index (χ1) is 13.2. The molecule has 0 N–H and O–H groups in total. The first-order valence-corrected chi connectivity index (χ1v) is 10.1. The van der Waals surface area contributed by atoms with Crippen LogP contribution in [-0.4, -0.2) is 41.4 Å². The molecule has 1 amide bonds. The largest absolute Gasteiger partial charge is 0.331 e. The van der Waals surface area contributed by atoms with E-state index in [4.69, 9.17) is 0 Å². The molecule has 3 aliphatic rings. The van der Waals surface area contributed by atoms with Crippen molar-refractivity contribution in [3.05, 3.63) is 71.0 Å². The second-order valence-electron chi connectivity index (χ2n) is 8.13. The summed E-state index contributed by atoms with van der Waals surface area (Å²) in [5.41, 5.74) is 3.47. The number of rotatable bonds is 3. The van der Waals surface area contributed by atoms with E-state index in [-0.39, 0.29) is 17.8 Å². The van der Waals surface area contributed by atoms with Crippen LogP contribution in [0.2, 0.25) is 0 Å². The number of fused-ring (bicyclic) bond motifs is 2. The summed E-state index contributed by atoms with van der Waals surface area (Å²) in [7, 11) is 0. The quantitative estimate of drug-likeness (QED) is 0.827. The van der Waals surface area contributed by atoms with Crippen molar-refractivity contribution in [3.8, 4) is 0 Å². The molecule has 0 spiro atoms. The highest BCUT2D eigenvalue weighted by atomic mass is 19.1. The summed E-state index contributed by atoms with van der Waals surface area (Å²) >= 11 is 0. The molecule has 2 aromatic carbocycles. The molecule has 3 heterocycles. The Morgan fingerprint density at radius 2 is 1.78 bits per heavy atom. The fourth-order valence-electron chi connectivity index (χ4n) is 5.22. The molecular weight excluding hydrogens is 339 g/mol. The molecule has 2 fully saturated rings. The van der Waals surface area contributed by atoms with Crippen molar-refractivity contribution in [2.45, 2.75) is 37.8 Å². The lowest BCUT2D eigenvalue weighted by Crippen LogP contribution is -2.47. The molecule has 2 saturated heterocycles. The van der Waals surface area contributed by atoms with Crippen LogP contribution in [0.1, 0.15) is 42.0 Å². The molecule has 0 bridgehead atoms. The van der Waals surface area contributed by atoms with Gasteiger partial charge in [0.1, 0.15) is 5.82 Å². The third-order valence-electron chi connectivity index (χ3n) is 6.74. The Bertz CT molecular complexity index is 850. The first-order valence-electron chi connectivity index (χ1n) is 10.1. The maximum atomic E-state index is 13.5. The Balaban J connectivity index is 1.45. The molecule has 5 rings (SSSR count). The highest BCUT2D eigenvalue weighted by molar-refractivity contribution is 5.78. The van der Waals surface area contributed by atoms with Crippen molar-refractivity contribution in [1.29, 1.82) is 0 Å². The van der Waals surface area contributed by atoms with E-state index in [9.17, 15) is 9.18 Å². The van der Waals surface area contributed by atoms with Crippen molar-refractivity contribution >= 4 is 5.91 Å². The second-order valence-corrected chi connectivity index (χ2v) is 8.13. The minimum Gasteiger partial charge on any atom is -0.331 e. The van der Waals surface area contributed by atoms with Crippen molar-refractivity contribution in [2.24, 2.45) is 5.92 Å². The normalized spacial score (nSPS) is 27.0. The second kappa shape index (κ2) is 6.75. The zero-order valence-electron chi connectivity index (χ0n) is 15.5. The molecule has 140 valence electrons. The van der Waals surface area contributed by atoms with Gasteiger partial charge in [-0.05, 0) is 67.1 Å². The van der Waals surface area contributed by atoms with Gasteiger partial charge in [-0.2, -0.15) is 0 Å². The predicted molar refractivity (Wildman–Crippen MR) is 103 cm³/mol. The third kappa shape index (κ3) is 2.96. The molecule has 4 heteroatoms. The molecule has 3 aliphatic heterocycles. The zero-order chi connectivity index (χ0) is 18.4. The highest BCUT2D eigenvalue weighted by Crippen LogP contribution is 2.39. The van der Waals surface area contributed by atoms with Gasteiger partial charge in [0.25, 0.3) is 0 Å². The van der Waals surface area contributed by atoms with Crippen LogP contribution in [0.15, 0.2) is 48.5 Å². The molecule has 3 nitrogen and oxygen atoms in total. The highest BCUT2D eigenvalue weighted by Gasteiger charge is 2.42. The van der Waals surface area contributed by atoms with E-state index < -0.39 is 0 Å². The van der Waals surface area contributed by atoms with Crippen molar-refractivity contribution in [3.63, 3.8) is 0 Å². The van der Waals surface area contributed by atoms with Crippen LogP contribution in [0.25, 0.3) is 0 Å². The van der Waals surface area contributed by atoms with Crippen LogP contribution in [0.4, 0.5) is 4.39 Å². The summed E-state index contributed by atoms with van der Waals surface area (Å²) in [4.78, 5) is 17.9. The average Bonchev–Trinajstić information content (AvgIpc) is 2.94. The molecular formula is C23H25FN2O. The maximum absolute atomic E-state index is 13.5. The number of hydrogen-bond acceptors (Lipinski definition) is 2. The van der Waals surface area contributed by atoms with Crippen LogP contribution < -0.4 is 0 Å². The van der Waals surface area contributed by atoms with Crippen LogP contribution in [-0.2, 0) is 11.2 Å². The lowest BCUT2D eigenvalue weighted by Gasteiger charge is -2.40. The van der Waals surface area contributed by atoms with Gasteiger partial charge in [-0.3, -0.25) is 9.69 Å². The van der Waals surface area contributed by atoms with E-state index in [1.54, 1.807) is 0 Å². The number of carbonyl (C=O) groups excluding carboxylic acids is 1. The van der Waals surface area contributed by atoms with Crippen LogP contribution in [0.3, 0.4) is 0 Å². The summed E-state index contributed by atoms with van der Waals surface area (Å²) in [6, 6.07) is 15.5. The maximum Gasteiger partial charge on any atom is 0.223 e. The Labute approximate surface area is 159 Å². The molecule has 2 aromatic rings. The van der Waals surface area contributed by atoms with Gasteiger partial charge in [0.15, 0.2) is 0 Å². The number of hydrogen-bond donors (Lipinski definition) is 0. The molecule has 27 heavy (non-hydrogen) atoms. The Kier molecular flexibility index (Phi) is 4.24. The van der Waals surface area contributed by atoms with Gasteiger partial charge < -0.3 is 4.90 Å².